The van der Waals surface area contributed by atoms with Gasteiger partial charge in [0.05, 0.1) is 0 Å². The van der Waals surface area contributed by atoms with E-state index in [0.29, 0.717) is 16.0 Å². The summed E-state index contributed by atoms with van der Waals surface area (Å²) < 4.78 is 13.2. The molecule has 2 aromatic rings. The minimum Gasteiger partial charge on any atom is -0.357 e. The van der Waals surface area contributed by atoms with E-state index in [0.717, 1.165) is 0 Å². The van der Waals surface area contributed by atoms with Crippen molar-refractivity contribution in [3.8, 4) is 0 Å². The zero-order valence-electron chi connectivity index (χ0n) is 6.45. The summed E-state index contributed by atoms with van der Waals surface area (Å²) in [5.74, 6) is 0.170. The molecule has 12 heavy (non-hydrogen) atoms. The minimum absolute atomic E-state index is 0.170. The molecule has 0 unspecified atom stereocenters. The molecule has 2 rings (SSSR count). The predicted octanol–water partition coefficient (Wildman–Crippen LogP) is 1.21. The van der Waals surface area contributed by atoms with Crippen LogP contribution in [0.25, 0.3) is 11.2 Å². The minimum atomic E-state index is 0.170. The molecule has 0 saturated heterocycles. The Morgan fingerprint density at radius 1 is 1.58 bits per heavy atom. The number of rotatable bonds is 1. The highest BCUT2D eigenvalue weighted by Gasteiger charge is 2.07. The van der Waals surface area contributed by atoms with Crippen LogP contribution in [0.1, 0.15) is 0 Å². The first-order valence-electron chi connectivity index (χ1n) is 3.50. The number of pyridine rings is 1. The maximum Gasteiger partial charge on any atom is 0.234 e. The number of anilines is 1. The van der Waals surface area contributed by atoms with Crippen LogP contribution < -0.4 is 5.32 Å². The van der Waals surface area contributed by atoms with E-state index in [-0.39, 0.29) is 5.95 Å². The first kappa shape index (κ1) is 7.02. The van der Waals surface area contributed by atoms with E-state index in [4.69, 9.17) is 0 Å². The number of aromatic nitrogens is 3. The standard InChI is InChI=1S/C7H7FN4/c1-9-7-11-6-5(12(7)8)3-2-4-10-6/h2-4H,1H3,(H,9,10,11). The summed E-state index contributed by atoms with van der Waals surface area (Å²) in [5, 5.41) is 2.62. The van der Waals surface area contributed by atoms with E-state index < -0.39 is 0 Å². The highest BCUT2D eigenvalue weighted by molar-refractivity contribution is 5.73. The number of imidazole rings is 1. The van der Waals surface area contributed by atoms with E-state index in [9.17, 15) is 4.48 Å². The number of nitrogens with zero attached hydrogens (tertiary/aromatic N) is 3. The van der Waals surface area contributed by atoms with E-state index in [1.165, 1.54) is 0 Å². The maximum atomic E-state index is 13.2. The third-order valence-electron chi connectivity index (χ3n) is 1.60. The fourth-order valence-electron chi connectivity index (χ4n) is 1.04. The quantitative estimate of drug-likeness (QED) is 0.692. The van der Waals surface area contributed by atoms with Crippen LogP contribution >= 0.6 is 0 Å². The fraction of sp³-hybridized carbons (Fsp3) is 0.143. The van der Waals surface area contributed by atoms with Gasteiger partial charge in [-0.3, -0.25) is 0 Å². The van der Waals surface area contributed by atoms with Crippen LogP contribution in [0, 0.1) is 0 Å². The average molecular weight is 166 g/mol. The molecular formula is C7H7FN4. The summed E-state index contributed by atoms with van der Waals surface area (Å²) in [4.78, 5) is 8.27. The largest absolute Gasteiger partial charge is 0.357 e. The van der Waals surface area contributed by atoms with Gasteiger partial charge in [-0.05, 0) is 12.1 Å². The first-order valence-corrected chi connectivity index (χ1v) is 3.50. The molecule has 0 bridgehead atoms. The molecule has 4 nitrogen and oxygen atoms in total. The molecule has 0 atom stereocenters. The fourth-order valence-corrected chi connectivity index (χ4v) is 1.04. The molecule has 5 heteroatoms. The van der Waals surface area contributed by atoms with Gasteiger partial charge in [-0.2, -0.15) is 4.98 Å². The second-order valence-corrected chi connectivity index (χ2v) is 2.31. The number of hydrogen-bond acceptors (Lipinski definition) is 3. The van der Waals surface area contributed by atoms with Crippen LogP contribution in [-0.2, 0) is 0 Å². The van der Waals surface area contributed by atoms with Crippen molar-refractivity contribution in [2.75, 3.05) is 12.4 Å². The highest BCUT2D eigenvalue weighted by atomic mass is 19.2. The lowest BCUT2D eigenvalue weighted by molar-refractivity contribution is 0.392. The van der Waals surface area contributed by atoms with Crippen molar-refractivity contribution in [2.24, 2.45) is 0 Å². The molecule has 0 spiro atoms. The Balaban J connectivity index is 2.78. The van der Waals surface area contributed by atoms with Gasteiger partial charge in [0.1, 0.15) is 5.52 Å². The van der Waals surface area contributed by atoms with Crippen molar-refractivity contribution in [3.63, 3.8) is 0 Å². The van der Waals surface area contributed by atoms with Crippen molar-refractivity contribution in [1.82, 2.24) is 14.8 Å². The SMILES string of the molecule is CNc1nc2ncccc2n1F. The lowest BCUT2D eigenvalue weighted by Crippen LogP contribution is -1.94. The Labute approximate surface area is 68.0 Å². The highest BCUT2D eigenvalue weighted by Crippen LogP contribution is 2.16. The Morgan fingerprint density at radius 3 is 3.08 bits per heavy atom. The zero-order valence-corrected chi connectivity index (χ0v) is 6.45. The molecule has 0 saturated carbocycles. The Hall–Kier alpha value is -1.65. The van der Waals surface area contributed by atoms with Gasteiger partial charge in [0.25, 0.3) is 0 Å². The van der Waals surface area contributed by atoms with Gasteiger partial charge in [-0.1, -0.05) is 4.48 Å². The molecule has 0 fully saturated rings. The van der Waals surface area contributed by atoms with Gasteiger partial charge in [-0.15, -0.1) is 4.79 Å². The van der Waals surface area contributed by atoms with E-state index in [2.05, 4.69) is 15.3 Å². The molecule has 0 amide bonds. The summed E-state index contributed by atoms with van der Waals surface area (Å²) in [6.45, 7) is 0. The second kappa shape index (κ2) is 2.44. The molecule has 2 heterocycles. The van der Waals surface area contributed by atoms with E-state index in [1.54, 1.807) is 25.4 Å². The zero-order chi connectivity index (χ0) is 8.55. The summed E-state index contributed by atoms with van der Waals surface area (Å²) in [6.07, 6.45) is 1.58. The summed E-state index contributed by atoms with van der Waals surface area (Å²) >= 11 is 0. The van der Waals surface area contributed by atoms with Gasteiger partial charge in [-0.25, -0.2) is 4.98 Å². The normalized spacial score (nSPS) is 10.5. The number of nitrogens with one attached hydrogen (secondary N) is 1. The lowest BCUT2D eigenvalue weighted by atomic mass is 10.4. The molecule has 0 aromatic carbocycles. The number of fused-ring (bicyclic) bond motifs is 1. The van der Waals surface area contributed by atoms with E-state index >= 15 is 0 Å². The van der Waals surface area contributed by atoms with Crippen LogP contribution in [0.4, 0.5) is 10.4 Å². The third-order valence-corrected chi connectivity index (χ3v) is 1.60. The Morgan fingerprint density at radius 2 is 2.42 bits per heavy atom. The Kier molecular flexibility index (Phi) is 1.43. The third kappa shape index (κ3) is 0.827. The monoisotopic (exact) mass is 166 g/mol. The number of halogens is 1. The van der Waals surface area contributed by atoms with Gasteiger partial charge in [0, 0.05) is 13.2 Å². The van der Waals surface area contributed by atoms with Gasteiger partial charge >= 0.3 is 0 Å². The van der Waals surface area contributed by atoms with Crippen molar-refractivity contribution in [1.29, 1.82) is 0 Å². The summed E-state index contributed by atoms with van der Waals surface area (Å²) in [5.41, 5.74) is 0.784. The average Bonchev–Trinajstić information content (AvgIpc) is 2.44. The van der Waals surface area contributed by atoms with Crippen LogP contribution in [0.3, 0.4) is 0 Å². The molecule has 2 aromatic heterocycles. The van der Waals surface area contributed by atoms with Crippen molar-refractivity contribution >= 4 is 17.1 Å². The molecule has 0 aliphatic heterocycles. The van der Waals surface area contributed by atoms with Crippen molar-refractivity contribution in [3.05, 3.63) is 18.3 Å². The molecule has 1 N–H and O–H groups in total. The van der Waals surface area contributed by atoms with Crippen LogP contribution in [0.2, 0.25) is 0 Å². The van der Waals surface area contributed by atoms with Gasteiger partial charge < -0.3 is 5.32 Å². The maximum absolute atomic E-state index is 13.2. The predicted molar refractivity (Wildman–Crippen MR) is 43.6 cm³/mol. The van der Waals surface area contributed by atoms with Gasteiger partial charge in [0.2, 0.25) is 5.95 Å². The van der Waals surface area contributed by atoms with Crippen LogP contribution in [0.15, 0.2) is 18.3 Å². The molecule has 62 valence electrons. The Bertz CT molecular complexity index is 409. The molecule has 0 aliphatic rings. The van der Waals surface area contributed by atoms with Gasteiger partial charge in [0.15, 0.2) is 5.65 Å². The molecule has 0 aliphatic carbocycles. The first-order chi connectivity index (χ1) is 5.83. The topological polar surface area (TPSA) is 42.7 Å². The summed E-state index contributed by atoms with van der Waals surface area (Å²) in [6, 6.07) is 3.29. The smallest absolute Gasteiger partial charge is 0.234 e. The lowest BCUT2D eigenvalue weighted by Gasteiger charge is -1.92. The number of hydrogen-bond donors (Lipinski definition) is 1. The van der Waals surface area contributed by atoms with Crippen molar-refractivity contribution in [2.45, 2.75) is 0 Å². The van der Waals surface area contributed by atoms with E-state index in [1.807, 2.05) is 0 Å². The van der Waals surface area contributed by atoms with Crippen molar-refractivity contribution < 1.29 is 4.48 Å². The van der Waals surface area contributed by atoms with Crippen LogP contribution in [-0.4, -0.2) is 21.8 Å². The molecule has 0 radical (unpaired) electrons. The summed E-state index contributed by atoms with van der Waals surface area (Å²) in [7, 11) is 1.61. The molecular weight excluding hydrogens is 159 g/mol. The second-order valence-electron chi connectivity index (χ2n) is 2.31. The van der Waals surface area contributed by atoms with Crippen LogP contribution in [0.5, 0.6) is 0 Å².